The fourth-order valence-electron chi connectivity index (χ4n) is 3.31. The lowest BCUT2D eigenvalue weighted by Crippen LogP contribution is -2.21. The average Bonchev–Trinajstić information content (AvgIpc) is 3.48. The quantitative estimate of drug-likeness (QED) is 0.469. The van der Waals surface area contributed by atoms with Gasteiger partial charge in [-0.05, 0) is 44.9 Å². The van der Waals surface area contributed by atoms with Gasteiger partial charge in [0, 0.05) is 35.2 Å². The number of pyridine rings is 1. The van der Waals surface area contributed by atoms with E-state index in [0.717, 1.165) is 29.4 Å². The number of aromatic nitrogens is 3. The first kappa shape index (κ1) is 19.8. The van der Waals surface area contributed by atoms with Crippen molar-refractivity contribution in [1.82, 2.24) is 15.2 Å². The summed E-state index contributed by atoms with van der Waals surface area (Å²) >= 11 is 0. The van der Waals surface area contributed by atoms with Gasteiger partial charge < -0.3 is 16.4 Å². The monoisotopic (exact) mass is 404 g/mol. The summed E-state index contributed by atoms with van der Waals surface area (Å²) in [6.45, 7) is 3.89. The third kappa shape index (κ3) is 3.95. The smallest absolute Gasteiger partial charge is 0.252 e. The Morgan fingerprint density at radius 2 is 2.00 bits per heavy atom. The predicted molar refractivity (Wildman–Crippen MR) is 117 cm³/mol. The fourth-order valence-corrected chi connectivity index (χ4v) is 3.31. The first-order valence-electron chi connectivity index (χ1n) is 9.90. The maximum absolute atomic E-state index is 12.6. The molecule has 2 aromatic heterocycles. The van der Waals surface area contributed by atoms with Gasteiger partial charge in [0.25, 0.3) is 5.91 Å². The molecule has 1 saturated carbocycles. The maximum atomic E-state index is 12.6. The number of fused-ring (bicyclic) bond motifs is 1. The third-order valence-corrected chi connectivity index (χ3v) is 5.16. The molecule has 0 aliphatic heterocycles. The molecule has 2 heterocycles. The molecule has 0 atom stereocenters. The number of carbonyl (C=O) groups excluding carboxylic acids is 2. The Kier molecular flexibility index (Phi) is 5.33. The van der Waals surface area contributed by atoms with Gasteiger partial charge in [-0.2, -0.15) is 5.10 Å². The van der Waals surface area contributed by atoms with Crippen LogP contribution in [0.25, 0.3) is 22.2 Å². The highest BCUT2D eigenvalue weighted by Gasteiger charge is 2.29. The van der Waals surface area contributed by atoms with E-state index >= 15 is 0 Å². The number of hydrogen-bond acceptors (Lipinski definition) is 5. The van der Waals surface area contributed by atoms with Crippen LogP contribution in [0.4, 0.5) is 11.5 Å². The van der Waals surface area contributed by atoms with E-state index in [1.807, 2.05) is 38.1 Å². The number of amides is 2. The number of H-pyrrole nitrogens is 1. The van der Waals surface area contributed by atoms with Gasteiger partial charge in [-0.25, -0.2) is 4.98 Å². The molecule has 154 valence electrons. The molecular weight excluding hydrogens is 380 g/mol. The van der Waals surface area contributed by atoms with Crippen LogP contribution in [-0.4, -0.2) is 33.5 Å². The number of nitrogens with zero attached hydrogens (tertiary/aromatic N) is 2. The van der Waals surface area contributed by atoms with Gasteiger partial charge in [0.2, 0.25) is 5.91 Å². The molecule has 0 spiro atoms. The van der Waals surface area contributed by atoms with Crippen molar-refractivity contribution < 1.29 is 9.59 Å². The van der Waals surface area contributed by atoms with Crippen molar-refractivity contribution in [3.63, 3.8) is 0 Å². The number of carbonyl (C=O) groups is 2. The summed E-state index contributed by atoms with van der Waals surface area (Å²) in [6.07, 6.45) is 3.51. The molecule has 3 aromatic rings. The van der Waals surface area contributed by atoms with E-state index in [-0.39, 0.29) is 24.3 Å². The summed E-state index contributed by atoms with van der Waals surface area (Å²) in [4.78, 5) is 28.9. The largest absolute Gasteiger partial charge is 0.326 e. The number of nitrogens with two attached hydrogens (primary N) is 1. The van der Waals surface area contributed by atoms with E-state index in [1.165, 1.54) is 0 Å². The summed E-state index contributed by atoms with van der Waals surface area (Å²) in [6, 6.07) is 9.24. The van der Waals surface area contributed by atoms with Crippen molar-refractivity contribution >= 4 is 34.2 Å². The van der Waals surface area contributed by atoms with E-state index in [1.54, 1.807) is 12.3 Å². The van der Waals surface area contributed by atoms with Gasteiger partial charge in [-0.3, -0.25) is 14.7 Å². The predicted octanol–water partition coefficient (Wildman–Crippen LogP) is 3.21. The highest BCUT2D eigenvalue weighted by Crippen LogP contribution is 2.32. The number of hydrogen-bond donors (Lipinski definition) is 4. The third-order valence-electron chi connectivity index (χ3n) is 5.16. The molecule has 30 heavy (non-hydrogen) atoms. The van der Waals surface area contributed by atoms with E-state index in [4.69, 9.17) is 5.73 Å². The molecule has 5 N–H and O–H groups in total. The van der Waals surface area contributed by atoms with Crippen LogP contribution in [0.2, 0.25) is 0 Å². The van der Waals surface area contributed by atoms with Crippen LogP contribution in [0, 0.1) is 5.92 Å². The Bertz CT molecular complexity index is 1160. The number of aromatic amines is 1. The molecule has 8 heteroatoms. The minimum Gasteiger partial charge on any atom is -0.326 e. The Hall–Kier alpha value is -3.52. The summed E-state index contributed by atoms with van der Waals surface area (Å²) in [5.74, 6) is 0.384. The zero-order valence-electron chi connectivity index (χ0n) is 17.0. The Morgan fingerprint density at radius 3 is 2.70 bits per heavy atom. The molecule has 1 aliphatic carbocycles. The highest BCUT2D eigenvalue weighted by molar-refractivity contribution is 6.10. The highest BCUT2D eigenvalue weighted by atomic mass is 16.2. The molecule has 1 fully saturated rings. The summed E-state index contributed by atoms with van der Waals surface area (Å²) in [5.41, 5.74) is 10.0. The van der Waals surface area contributed by atoms with Crippen molar-refractivity contribution in [2.75, 3.05) is 17.2 Å². The Balaban J connectivity index is 1.64. The lowest BCUT2D eigenvalue weighted by atomic mass is 10.1. The SMILES string of the molecule is CC(C)=C(CN)C(=O)Nc1cccc2c(-c3ccnc(NC(=O)C4CC4)c3)n[nH]c12. The first-order valence-corrected chi connectivity index (χ1v) is 9.90. The second-order valence-corrected chi connectivity index (χ2v) is 7.63. The van der Waals surface area contributed by atoms with Gasteiger partial charge in [0.15, 0.2) is 0 Å². The molecule has 0 radical (unpaired) electrons. The number of allylic oxidation sites excluding steroid dienone is 1. The average molecular weight is 404 g/mol. The topological polar surface area (TPSA) is 126 Å². The summed E-state index contributed by atoms with van der Waals surface area (Å²) in [5, 5.41) is 14.1. The van der Waals surface area contributed by atoms with Crippen LogP contribution in [0.3, 0.4) is 0 Å². The van der Waals surface area contributed by atoms with Crippen molar-refractivity contribution in [2.24, 2.45) is 11.7 Å². The van der Waals surface area contributed by atoms with Crippen molar-refractivity contribution in [3.8, 4) is 11.3 Å². The van der Waals surface area contributed by atoms with Crippen LogP contribution in [-0.2, 0) is 9.59 Å². The number of rotatable bonds is 6. The Labute approximate surface area is 174 Å². The zero-order valence-corrected chi connectivity index (χ0v) is 17.0. The minimum absolute atomic E-state index is 0.00603. The molecular formula is C22H24N6O2. The molecule has 2 amide bonds. The van der Waals surface area contributed by atoms with Gasteiger partial charge in [0.1, 0.15) is 11.5 Å². The molecule has 0 unspecified atom stereocenters. The lowest BCUT2D eigenvalue weighted by molar-refractivity contribution is -0.117. The van der Waals surface area contributed by atoms with Crippen LogP contribution in [0.1, 0.15) is 26.7 Å². The summed E-state index contributed by atoms with van der Waals surface area (Å²) < 4.78 is 0. The normalized spacial score (nSPS) is 13.2. The standard InChI is InChI=1S/C22H24N6O2/c1-12(2)16(11-23)22(30)25-17-5-3-4-15-19(27-28-20(15)17)14-8-9-24-18(10-14)26-21(29)13-6-7-13/h3-5,8-10,13H,6-7,11,23H2,1-2H3,(H,25,30)(H,27,28)(H,24,26,29). The van der Waals surface area contributed by atoms with Crippen LogP contribution in [0.15, 0.2) is 47.7 Å². The van der Waals surface area contributed by atoms with E-state index in [2.05, 4.69) is 25.8 Å². The van der Waals surface area contributed by atoms with Crippen molar-refractivity contribution in [1.29, 1.82) is 0 Å². The van der Waals surface area contributed by atoms with Crippen molar-refractivity contribution in [2.45, 2.75) is 26.7 Å². The van der Waals surface area contributed by atoms with Crippen LogP contribution >= 0.6 is 0 Å². The molecule has 8 nitrogen and oxygen atoms in total. The minimum atomic E-state index is -0.227. The fraction of sp³-hybridized carbons (Fsp3) is 0.273. The Morgan fingerprint density at radius 1 is 1.20 bits per heavy atom. The van der Waals surface area contributed by atoms with Crippen molar-refractivity contribution in [3.05, 3.63) is 47.7 Å². The second-order valence-electron chi connectivity index (χ2n) is 7.63. The van der Waals surface area contributed by atoms with E-state index < -0.39 is 0 Å². The molecule has 1 aromatic carbocycles. The summed E-state index contributed by atoms with van der Waals surface area (Å²) in [7, 11) is 0. The van der Waals surface area contributed by atoms with Gasteiger partial charge in [-0.1, -0.05) is 17.7 Å². The second kappa shape index (κ2) is 8.08. The maximum Gasteiger partial charge on any atom is 0.252 e. The van der Waals surface area contributed by atoms with Gasteiger partial charge in [0.05, 0.1) is 11.2 Å². The molecule has 0 bridgehead atoms. The van der Waals surface area contributed by atoms with Gasteiger partial charge >= 0.3 is 0 Å². The molecule has 1 aliphatic rings. The first-order chi connectivity index (χ1) is 14.5. The molecule has 0 saturated heterocycles. The van der Waals surface area contributed by atoms with Gasteiger partial charge in [-0.15, -0.1) is 0 Å². The number of anilines is 2. The number of nitrogens with one attached hydrogen (secondary N) is 3. The molecule has 4 rings (SSSR count). The number of para-hydroxylation sites is 1. The lowest BCUT2D eigenvalue weighted by Gasteiger charge is -2.10. The van der Waals surface area contributed by atoms with E-state index in [0.29, 0.717) is 28.3 Å². The zero-order chi connectivity index (χ0) is 21.3. The number of benzene rings is 1. The van der Waals surface area contributed by atoms with Crippen LogP contribution < -0.4 is 16.4 Å². The van der Waals surface area contributed by atoms with Crippen LogP contribution in [0.5, 0.6) is 0 Å². The van der Waals surface area contributed by atoms with E-state index in [9.17, 15) is 9.59 Å².